The number of anilines is 1. The quantitative estimate of drug-likeness (QED) is 0.638. The Bertz CT molecular complexity index is 1220. The molecule has 1 saturated heterocycles. The number of para-hydroxylation sites is 1. The molecule has 1 aromatic heterocycles. The largest absolute Gasteiger partial charge is 0.497 e. The zero-order chi connectivity index (χ0) is 22.5. The van der Waals surface area contributed by atoms with Crippen LogP contribution < -0.4 is 15.0 Å². The van der Waals surface area contributed by atoms with E-state index >= 15 is 0 Å². The maximum absolute atomic E-state index is 13.3. The molecule has 32 heavy (non-hydrogen) atoms. The van der Waals surface area contributed by atoms with Crippen LogP contribution in [0.1, 0.15) is 24.7 Å². The molecule has 2 aliphatic rings. The van der Waals surface area contributed by atoms with E-state index in [2.05, 4.69) is 5.32 Å². The molecule has 3 heterocycles. The Morgan fingerprint density at radius 2 is 2.00 bits per heavy atom. The molecule has 4 amide bonds. The second-order valence-corrected chi connectivity index (χ2v) is 8.24. The first kappa shape index (κ1) is 20.1. The Morgan fingerprint density at radius 1 is 1.19 bits per heavy atom. The molecule has 3 aromatic rings. The van der Waals surface area contributed by atoms with E-state index in [4.69, 9.17) is 9.15 Å². The van der Waals surface area contributed by atoms with Crippen molar-refractivity contribution in [1.82, 2.24) is 10.2 Å². The van der Waals surface area contributed by atoms with Crippen LogP contribution >= 0.6 is 0 Å². The van der Waals surface area contributed by atoms with Gasteiger partial charge in [-0.15, -0.1) is 0 Å². The summed E-state index contributed by atoms with van der Waals surface area (Å²) in [5.41, 5.74) is 1.05. The molecule has 1 N–H and O–H groups in total. The maximum Gasteiger partial charge on any atom is 0.325 e. The average Bonchev–Trinajstić information content (AvgIpc) is 3.34. The lowest BCUT2D eigenvalue weighted by atomic mass is 9.98. The van der Waals surface area contributed by atoms with Gasteiger partial charge in [-0.25, -0.2) is 4.79 Å². The van der Waals surface area contributed by atoms with Gasteiger partial charge in [0.25, 0.3) is 5.91 Å². The van der Waals surface area contributed by atoms with E-state index in [9.17, 15) is 14.4 Å². The summed E-state index contributed by atoms with van der Waals surface area (Å²) < 4.78 is 11.1. The van der Waals surface area contributed by atoms with Crippen LogP contribution in [0.2, 0.25) is 0 Å². The van der Waals surface area contributed by atoms with E-state index in [1.54, 1.807) is 37.1 Å². The van der Waals surface area contributed by atoms with Crippen LogP contribution in [0, 0.1) is 0 Å². The lowest BCUT2D eigenvalue weighted by Crippen LogP contribution is -2.46. The van der Waals surface area contributed by atoms with Crippen molar-refractivity contribution in [2.45, 2.75) is 25.3 Å². The van der Waals surface area contributed by atoms with Crippen molar-refractivity contribution in [3.63, 3.8) is 0 Å². The summed E-state index contributed by atoms with van der Waals surface area (Å²) in [6, 6.07) is 14.1. The summed E-state index contributed by atoms with van der Waals surface area (Å²) in [6.45, 7) is 1.78. The minimum absolute atomic E-state index is 0.312. The molecule has 0 radical (unpaired) electrons. The summed E-state index contributed by atoms with van der Waals surface area (Å²) >= 11 is 0. The van der Waals surface area contributed by atoms with Gasteiger partial charge in [-0.05, 0) is 55.7 Å². The van der Waals surface area contributed by atoms with Crippen LogP contribution in [-0.4, -0.2) is 42.9 Å². The third-order valence-electron chi connectivity index (χ3n) is 6.19. The second-order valence-electron chi connectivity index (χ2n) is 8.24. The van der Waals surface area contributed by atoms with Gasteiger partial charge in [-0.1, -0.05) is 18.2 Å². The topological polar surface area (TPSA) is 92.1 Å². The highest BCUT2D eigenvalue weighted by atomic mass is 16.5. The number of amides is 4. The first-order chi connectivity index (χ1) is 15.4. The van der Waals surface area contributed by atoms with Crippen LogP contribution in [-0.2, 0) is 21.5 Å². The van der Waals surface area contributed by atoms with Crippen LogP contribution in [0.5, 0.6) is 5.75 Å². The zero-order valence-corrected chi connectivity index (χ0v) is 17.9. The second kappa shape index (κ2) is 7.40. The Hall–Kier alpha value is -3.81. The minimum Gasteiger partial charge on any atom is -0.497 e. The molecule has 8 heteroatoms. The normalized spacial score (nSPS) is 20.4. The number of fused-ring (bicyclic) bond motifs is 2. The van der Waals surface area contributed by atoms with Crippen LogP contribution in [0.4, 0.5) is 10.5 Å². The standard InChI is InChI=1S/C24H23N3O5/c1-24(20-13-16-6-3-4-8-19(16)32-20)22(29)27(23(30)25-24)14-21(28)26-11-5-7-15-12-17(31-2)9-10-18(15)26/h3-4,6,8-10,12-13H,5,7,11,14H2,1-2H3,(H,25,30). The number of aryl methyl sites for hydroxylation is 1. The van der Waals surface area contributed by atoms with E-state index in [-0.39, 0.29) is 12.5 Å². The number of imide groups is 1. The van der Waals surface area contributed by atoms with Gasteiger partial charge in [0.2, 0.25) is 5.91 Å². The van der Waals surface area contributed by atoms with Gasteiger partial charge < -0.3 is 19.4 Å². The molecule has 1 fully saturated rings. The van der Waals surface area contributed by atoms with Crippen molar-refractivity contribution in [2.75, 3.05) is 25.1 Å². The molecule has 8 nitrogen and oxygen atoms in total. The number of carbonyl (C=O) groups excluding carboxylic acids is 3. The number of methoxy groups -OCH3 is 1. The SMILES string of the molecule is COc1ccc2c(c1)CCCN2C(=O)CN1C(=O)NC(C)(c2cc3ccccc3o2)C1=O. The third-order valence-corrected chi connectivity index (χ3v) is 6.19. The van der Waals surface area contributed by atoms with Crippen LogP contribution in [0.3, 0.4) is 0 Å². The minimum atomic E-state index is -1.37. The van der Waals surface area contributed by atoms with Crippen molar-refractivity contribution >= 4 is 34.5 Å². The molecule has 5 rings (SSSR count). The highest BCUT2D eigenvalue weighted by molar-refractivity contribution is 6.10. The van der Waals surface area contributed by atoms with E-state index < -0.39 is 17.5 Å². The number of nitrogens with zero attached hydrogens (tertiary/aromatic N) is 2. The van der Waals surface area contributed by atoms with Crippen LogP contribution in [0.15, 0.2) is 52.9 Å². The number of urea groups is 1. The monoisotopic (exact) mass is 433 g/mol. The Labute approximate surface area is 184 Å². The highest BCUT2D eigenvalue weighted by Gasteiger charge is 2.52. The van der Waals surface area contributed by atoms with Crippen molar-refractivity contribution in [2.24, 2.45) is 0 Å². The Kier molecular flexibility index (Phi) is 4.65. The van der Waals surface area contributed by atoms with Gasteiger partial charge >= 0.3 is 6.03 Å². The predicted octanol–water partition coefficient (Wildman–Crippen LogP) is 3.19. The van der Waals surface area contributed by atoms with Crippen molar-refractivity contribution in [3.05, 3.63) is 59.9 Å². The van der Waals surface area contributed by atoms with Gasteiger partial charge in [0.05, 0.1) is 7.11 Å². The van der Waals surface area contributed by atoms with Gasteiger partial charge in [0, 0.05) is 17.6 Å². The fourth-order valence-electron chi connectivity index (χ4n) is 4.42. The molecule has 2 aliphatic heterocycles. The lowest BCUT2D eigenvalue weighted by Gasteiger charge is -2.30. The fraction of sp³-hybridized carbons (Fsp3) is 0.292. The number of benzene rings is 2. The third kappa shape index (κ3) is 3.10. The summed E-state index contributed by atoms with van der Waals surface area (Å²) in [7, 11) is 1.60. The summed E-state index contributed by atoms with van der Waals surface area (Å²) in [6.07, 6.45) is 1.63. The van der Waals surface area contributed by atoms with Crippen molar-refractivity contribution < 1.29 is 23.5 Å². The zero-order valence-electron chi connectivity index (χ0n) is 17.9. The lowest BCUT2D eigenvalue weighted by molar-refractivity contribution is -0.134. The summed E-state index contributed by atoms with van der Waals surface area (Å²) in [5.74, 6) is 0.242. The van der Waals surface area contributed by atoms with Gasteiger partial charge in [-0.3, -0.25) is 14.5 Å². The first-order valence-electron chi connectivity index (χ1n) is 10.5. The highest BCUT2D eigenvalue weighted by Crippen LogP contribution is 2.34. The number of hydrogen-bond donors (Lipinski definition) is 1. The molecule has 164 valence electrons. The predicted molar refractivity (Wildman–Crippen MR) is 117 cm³/mol. The van der Waals surface area contributed by atoms with Gasteiger partial charge in [0.15, 0.2) is 5.54 Å². The molecule has 0 saturated carbocycles. The smallest absolute Gasteiger partial charge is 0.325 e. The number of furan rings is 1. The molecule has 1 atom stereocenters. The Balaban J connectivity index is 1.39. The van der Waals surface area contributed by atoms with E-state index in [1.165, 1.54) is 0 Å². The van der Waals surface area contributed by atoms with E-state index in [1.807, 2.05) is 30.3 Å². The van der Waals surface area contributed by atoms with E-state index in [0.29, 0.717) is 17.9 Å². The fourth-order valence-corrected chi connectivity index (χ4v) is 4.42. The average molecular weight is 433 g/mol. The molecule has 1 unspecified atom stereocenters. The van der Waals surface area contributed by atoms with Gasteiger partial charge in [0.1, 0.15) is 23.6 Å². The number of rotatable bonds is 4. The van der Waals surface area contributed by atoms with Gasteiger partial charge in [-0.2, -0.15) is 0 Å². The first-order valence-corrected chi connectivity index (χ1v) is 10.5. The number of carbonyl (C=O) groups is 3. The van der Waals surface area contributed by atoms with Crippen molar-refractivity contribution in [1.29, 1.82) is 0 Å². The van der Waals surface area contributed by atoms with E-state index in [0.717, 1.165) is 40.1 Å². The molecule has 2 aromatic carbocycles. The summed E-state index contributed by atoms with van der Waals surface area (Å²) in [4.78, 5) is 41.7. The number of hydrogen-bond acceptors (Lipinski definition) is 5. The molecular formula is C24H23N3O5. The Morgan fingerprint density at radius 3 is 2.78 bits per heavy atom. The molecule has 0 bridgehead atoms. The number of ether oxygens (including phenoxy) is 1. The van der Waals surface area contributed by atoms with Crippen molar-refractivity contribution in [3.8, 4) is 5.75 Å². The van der Waals surface area contributed by atoms with Crippen LogP contribution in [0.25, 0.3) is 11.0 Å². The molecular weight excluding hydrogens is 410 g/mol. The molecule has 0 spiro atoms. The summed E-state index contributed by atoms with van der Waals surface area (Å²) in [5, 5.41) is 3.54. The molecule has 0 aliphatic carbocycles. The maximum atomic E-state index is 13.3. The number of nitrogens with one attached hydrogen (secondary N) is 1.